The first-order valence-electron chi connectivity index (χ1n) is 19.0. The molecule has 1 saturated heterocycles. The zero-order valence-electron chi connectivity index (χ0n) is 32.5. The van der Waals surface area contributed by atoms with Gasteiger partial charge in [-0.15, -0.1) is 11.3 Å². The topological polar surface area (TPSA) is 202 Å². The van der Waals surface area contributed by atoms with E-state index in [2.05, 4.69) is 16.0 Å². The Labute approximate surface area is 325 Å². The second-order valence-electron chi connectivity index (χ2n) is 16.2. The molecule has 3 aromatic rings. The number of methoxy groups -OCH3 is 1. The van der Waals surface area contributed by atoms with Crippen molar-refractivity contribution in [2.45, 2.75) is 122 Å². The van der Waals surface area contributed by atoms with Gasteiger partial charge >= 0.3 is 13.7 Å². The number of nitrogens with one attached hydrogen (secondary N) is 3. The summed E-state index contributed by atoms with van der Waals surface area (Å²) in [5.41, 5.74) is 0.961. The Morgan fingerprint density at radius 2 is 1.82 bits per heavy atom. The summed E-state index contributed by atoms with van der Waals surface area (Å²) in [5, 5.41) is 10.4. The lowest BCUT2D eigenvalue weighted by atomic mass is 9.85. The largest absolute Gasteiger partial charge is 0.497 e. The SMILES string of the molecule is CC[C@@H]1C[C@]1(NC(=O)[C@@H]1C[C@@H](Oc2cc(-c3csc(NC(C)C)n3)nc3cc(OC)ccc23)CN1C(=O)[C@@H](NC(=O)OC1CCCC1)C(C)(C)C)P(=O)(O)O. The Morgan fingerprint density at radius 1 is 1.09 bits per heavy atom. The molecular weight excluding hydrogens is 747 g/mol. The Morgan fingerprint density at radius 3 is 2.44 bits per heavy atom. The maximum Gasteiger partial charge on any atom is 0.408 e. The van der Waals surface area contributed by atoms with Crippen LogP contribution in [0.15, 0.2) is 29.6 Å². The second kappa shape index (κ2) is 15.9. The Bertz CT molecular complexity index is 1960. The van der Waals surface area contributed by atoms with Gasteiger partial charge in [0.1, 0.15) is 46.8 Å². The normalized spacial score (nSPS) is 23.5. The van der Waals surface area contributed by atoms with E-state index in [1.807, 2.05) is 53.0 Å². The summed E-state index contributed by atoms with van der Waals surface area (Å²) < 4.78 is 30.5. The van der Waals surface area contributed by atoms with Crippen molar-refractivity contribution in [2.75, 3.05) is 19.0 Å². The fraction of sp³-hybridized carbons (Fsp3) is 0.605. The van der Waals surface area contributed by atoms with Crippen LogP contribution in [0.4, 0.5) is 9.93 Å². The summed E-state index contributed by atoms with van der Waals surface area (Å²) in [6.07, 6.45) is 2.37. The van der Waals surface area contributed by atoms with Gasteiger partial charge in [0, 0.05) is 35.4 Å². The number of ether oxygens (including phenoxy) is 3. The van der Waals surface area contributed by atoms with Gasteiger partial charge in [-0.05, 0) is 69.4 Å². The van der Waals surface area contributed by atoms with Crippen LogP contribution < -0.4 is 25.4 Å². The maximum atomic E-state index is 14.6. The van der Waals surface area contributed by atoms with Gasteiger partial charge in [0.15, 0.2) is 5.13 Å². The molecular formula is C38H53N6O9PS. The molecule has 2 saturated carbocycles. The number of amides is 3. The number of thiazole rings is 1. The van der Waals surface area contributed by atoms with Crippen molar-refractivity contribution in [3.05, 3.63) is 29.6 Å². The average molecular weight is 801 g/mol. The van der Waals surface area contributed by atoms with Gasteiger partial charge in [0.05, 0.1) is 24.9 Å². The zero-order chi connectivity index (χ0) is 39.9. The maximum absolute atomic E-state index is 14.6. The van der Waals surface area contributed by atoms with Crippen molar-refractivity contribution in [3.8, 4) is 22.9 Å². The molecule has 0 bridgehead atoms. The third kappa shape index (κ3) is 8.87. The smallest absolute Gasteiger partial charge is 0.408 e. The summed E-state index contributed by atoms with van der Waals surface area (Å²) in [4.78, 5) is 73.6. The summed E-state index contributed by atoms with van der Waals surface area (Å²) in [6.45, 7) is 11.2. The number of hydrogen-bond acceptors (Lipinski definition) is 11. The highest BCUT2D eigenvalue weighted by atomic mass is 32.1. The highest BCUT2D eigenvalue weighted by molar-refractivity contribution is 7.54. The Hall–Kier alpha value is -3.98. The quantitative estimate of drug-likeness (QED) is 0.126. The lowest BCUT2D eigenvalue weighted by Crippen LogP contribution is -2.58. The van der Waals surface area contributed by atoms with Crippen LogP contribution in [0, 0.1) is 11.3 Å². The van der Waals surface area contributed by atoms with Crippen LogP contribution >= 0.6 is 18.9 Å². The summed E-state index contributed by atoms with van der Waals surface area (Å²) in [5.74, 6) is -0.608. The highest BCUT2D eigenvalue weighted by Gasteiger charge is 2.66. The standard InChI is InChI=1S/C38H53N6O9PS/c1-8-22-18-38(22,54(48,49)50)43-33(45)30-16-25(19-44(30)34(46)32(37(4,5)6)42-36(47)53-23-11-9-10-12-23)52-31-17-28(29-20-55-35(41-29)39-21(2)3)40-27-15-24(51-7)13-14-26(27)31/h13-15,17,20-23,25,30,32H,8-12,16,18-19H2,1-7H3,(H,39,41)(H,42,47)(H,43,45)(H2,48,49,50)/t22-,25-,30+,32-,38+/m1/s1. The molecule has 15 nitrogen and oxygen atoms in total. The molecule has 2 aromatic heterocycles. The molecule has 3 fully saturated rings. The van der Waals surface area contributed by atoms with Crippen LogP contribution in [0.5, 0.6) is 11.5 Å². The summed E-state index contributed by atoms with van der Waals surface area (Å²) in [7, 11) is -3.19. The molecule has 55 heavy (non-hydrogen) atoms. The molecule has 2 aliphatic carbocycles. The van der Waals surface area contributed by atoms with Gasteiger partial charge in [-0.3, -0.25) is 14.2 Å². The van der Waals surface area contributed by atoms with Gasteiger partial charge < -0.3 is 44.8 Å². The van der Waals surface area contributed by atoms with E-state index in [4.69, 9.17) is 24.2 Å². The first-order valence-corrected chi connectivity index (χ1v) is 21.4. The Kier molecular flexibility index (Phi) is 11.7. The minimum Gasteiger partial charge on any atom is -0.497 e. The molecule has 0 spiro atoms. The molecule has 6 rings (SSSR count). The summed E-state index contributed by atoms with van der Waals surface area (Å²) in [6, 6.07) is 5.11. The zero-order valence-corrected chi connectivity index (χ0v) is 34.2. The molecule has 1 aromatic carbocycles. The third-order valence-electron chi connectivity index (χ3n) is 10.7. The number of rotatable bonds is 13. The molecule has 5 atom stereocenters. The molecule has 17 heteroatoms. The van der Waals surface area contributed by atoms with E-state index in [1.54, 1.807) is 25.3 Å². The minimum atomic E-state index is -4.76. The van der Waals surface area contributed by atoms with E-state index in [9.17, 15) is 28.7 Å². The molecule has 5 N–H and O–H groups in total. The predicted molar refractivity (Wildman–Crippen MR) is 209 cm³/mol. The van der Waals surface area contributed by atoms with Crippen LogP contribution in [0.3, 0.4) is 0 Å². The number of hydrogen-bond donors (Lipinski definition) is 5. The van der Waals surface area contributed by atoms with Crippen LogP contribution in [0.1, 0.15) is 86.5 Å². The van der Waals surface area contributed by atoms with Crippen molar-refractivity contribution in [1.29, 1.82) is 0 Å². The van der Waals surface area contributed by atoms with Gasteiger partial charge in [-0.25, -0.2) is 14.8 Å². The van der Waals surface area contributed by atoms with E-state index in [0.29, 0.717) is 40.2 Å². The van der Waals surface area contributed by atoms with E-state index in [-0.39, 0.29) is 31.5 Å². The van der Waals surface area contributed by atoms with Gasteiger partial charge in [-0.2, -0.15) is 0 Å². The van der Waals surface area contributed by atoms with E-state index >= 15 is 0 Å². The molecule has 1 aliphatic heterocycles. The van der Waals surface area contributed by atoms with Crippen LogP contribution in [0.25, 0.3) is 22.3 Å². The van der Waals surface area contributed by atoms with Gasteiger partial charge in [-0.1, -0.05) is 34.1 Å². The Balaban J connectivity index is 1.33. The second-order valence-corrected chi connectivity index (χ2v) is 19.0. The molecule has 3 amide bonds. The highest BCUT2D eigenvalue weighted by Crippen LogP contribution is 2.67. The molecule has 0 radical (unpaired) electrons. The number of anilines is 1. The van der Waals surface area contributed by atoms with Crippen molar-refractivity contribution >= 4 is 52.9 Å². The number of benzene rings is 1. The average Bonchev–Trinajstić information content (AvgIpc) is 3.50. The lowest BCUT2D eigenvalue weighted by Gasteiger charge is -2.35. The first kappa shape index (κ1) is 40.7. The number of fused-ring (bicyclic) bond motifs is 1. The molecule has 3 aliphatic rings. The fourth-order valence-corrected chi connectivity index (χ4v) is 9.82. The van der Waals surface area contributed by atoms with Crippen LogP contribution in [-0.4, -0.2) is 91.8 Å². The van der Waals surface area contributed by atoms with E-state index < -0.39 is 60.3 Å². The predicted octanol–water partition coefficient (Wildman–Crippen LogP) is 6.04. The first-order chi connectivity index (χ1) is 25.9. The van der Waals surface area contributed by atoms with Crippen LogP contribution in [-0.2, 0) is 18.9 Å². The monoisotopic (exact) mass is 800 g/mol. The third-order valence-corrected chi connectivity index (χ3v) is 13.1. The minimum absolute atomic E-state index is 0.0173. The number of pyridine rings is 1. The molecule has 300 valence electrons. The van der Waals surface area contributed by atoms with E-state index in [1.165, 1.54) is 16.2 Å². The number of aromatic nitrogens is 2. The number of nitrogens with zero attached hydrogens (tertiary/aromatic N) is 3. The van der Waals surface area contributed by atoms with Crippen molar-refractivity contribution in [3.63, 3.8) is 0 Å². The number of alkyl carbamates (subject to hydrolysis) is 1. The number of carbonyl (C=O) groups excluding carboxylic acids is 3. The lowest BCUT2D eigenvalue weighted by molar-refractivity contribution is -0.142. The van der Waals surface area contributed by atoms with Crippen molar-refractivity contribution < 1.29 is 42.9 Å². The fourth-order valence-electron chi connectivity index (χ4n) is 7.59. The van der Waals surface area contributed by atoms with Crippen molar-refractivity contribution in [1.82, 2.24) is 25.5 Å². The van der Waals surface area contributed by atoms with Gasteiger partial charge in [0.2, 0.25) is 11.8 Å². The number of likely N-dealkylation sites (tertiary alicyclic amines) is 1. The number of carbonyl (C=O) groups is 3. The molecule has 3 heterocycles. The summed E-state index contributed by atoms with van der Waals surface area (Å²) >= 11 is 1.45. The van der Waals surface area contributed by atoms with Crippen LogP contribution in [0.2, 0.25) is 0 Å². The molecule has 0 unspecified atom stereocenters. The van der Waals surface area contributed by atoms with E-state index in [0.717, 1.165) is 30.8 Å². The van der Waals surface area contributed by atoms with Gasteiger partial charge in [0.25, 0.3) is 0 Å². The van der Waals surface area contributed by atoms with Crippen molar-refractivity contribution in [2.24, 2.45) is 11.3 Å².